The number of halogens is 1. The second kappa shape index (κ2) is 7.08. The molecule has 3 rings (SSSR count). The van der Waals surface area contributed by atoms with Gasteiger partial charge in [-0.25, -0.2) is 0 Å². The summed E-state index contributed by atoms with van der Waals surface area (Å²) < 4.78 is 1.22. The molecule has 1 N–H and O–H groups in total. The quantitative estimate of drug-likeness (QED) is 0.784. The van der Waals surface area contributed by atoms with Crippen molar-refractivity contribution in [1.29, 1.82) is 0 Å². The minimum absolute atomic E-state index is 0.658. The molecule has 0 aliphatic heterocycles. The van der Waals surface area contributed by atoms with E-state index in [2.05, 4.69) is 70.1 Å². The highest BCUT2D eigenvalue weighted by Gasteiger charge is 2.30. The van der Waals surface area contributed by atoms with Crippen LogP contribution in [0.4, 0.5) is 0 Å². The van der Waals surface area contributed by atoms with Gasteiger partial charge in [0, 0.05) is 20.8 Å². The normalized spacial score (nSPS) is 25.9. The van der Waals surface area contributed by atoms with Crippen molar-refractivity contribution < 1.29 is 0 Å². The molecule has 0 saturated heterocycles. The first kappa shape index (κ1) is 15.3. The zero-order valence-corrected chi connectivity index (χ0v) is 14.8. The van der Waals surface area contributed by atoms with Crippen molar-refractivity contribution in [3.63, 3.8) is 0 Å². The van der Waals surface area contributed by atoms with Crippen LogP contribution in [0.5, 0.6) is 0 Å². The lowest BCUT2D eigenvalue weighted by atomic mass is 9.74. The van der Waals surface area contributed by atoms with Crippen LogP contribution < -0.4 is 5.32 Å². The summed E-state index contributed by atoms with van der Waals surface area (Å²) in [6.07, 6.45) is 5.09. The highest BCUT2D eigenvalue weighted by molar-refractivity contribution is 9.10. The molecule has 1 aromatic heterocycles. The summed E-state index contributed by atoms with van der Waals surface area (Å²) in [5.74, 6) is 1.46. The van der Waals surface area contributed by atoms with Crippen molar-refractivity contribution in [2.24, 2.45) is 5.92 Å². The number of hydrogen-bond acceptors (Lipinski definition) is 2. The van der Waals surface area contributed by atoms with Gasteiger partial charge >= 0.3 is 0 Å². The number of hydrogen-bond donors (Lipinski definition) is 1. The van der Waals surface area contributed by atoms with E-state index in [0.29, 0.717) is 6.04 Å². The number of nitrogens with one attached hydrogen (secondary N) is 1. The van der Waals surface area contributed by atoms with Gasteiger partial charge in [0.05, 0.1) is 0 Å². The SMILES string of the molecule is CNC1CCC(c2ccccc2)CC1Cc1cc(Br)cs1. The van der Waals surface area contributed by atoms with E-state index in [1.165, 1.54) is 40.6 Å². The maximum absolute atomic E-state index is 3.57. The summed E-state index contributed by atoms with van der Waals surface area (Å²) in [7, 11) is 2.12. The second-order valence-electron chi connectivity index (χ2n) is 6.01. The molecule has 0 spiro atoms. The second-order valence-corrected chi connectivity index (χ2v) is 7.92. The zero-order valence-electron chi connectivity index (χ0n) is 12.4. The van der Waals surface area contributed by atoms with Gasteiger partial charge in [-0.1, -0.05) is 30.3 Å². The van der Waals surface area contributed by atoms with E-state index >= 15 is 0 Å². The van der Waals surface area contributed by atoms with E-state index < -0.39 is 0 Å². The van der Waals surface area contributed by atoms with Crippen LogP contribution in [0.25, 0.3) is 0 Å². The Bertz CT molecular complexity index is 566. The summed E-state index contributed by atoms with van der Waals surface area (Å²) >= 11 is 5.45. The average molecular weight is 364 g/mol. The van der Waals surface area contributed by atoms with Crippen molar-refractivity contribution in [3.8, 4) is 0 Å². The van der Waals surface area contributed by atoms with Crippen molar-refractivity contribution in [2.45, 2.75) is 37.6 Å². The number of rotatable bonds is 4. The van der Waals surface area contributed by atoms with E-state index in [9.17, 15) is 0 Å². The Morgan fingerprint density at radius 2 is 2.05 bits per heavy atom. The summed E-state index contributed by atoms with van der Waals surface area (Å²) in [4.78, 5) is 1.50. The van der Waals surface area contributed by atoms with Gasteiger partial charge in [-0.3, -0.25) is 0 Å². The van der Waals surface area contributed by atoms with Crippen LogP contribution in [0.15, 0.2) is 46.3 Å². The van der Waals surface area contributed by atoms with Crippen LogP contribution in [0.3, 0.4) is 0 Å². The van der Waals surface area contributed by atoms with Crippen LogP contribution in [-0.2, 0) is 6.42 Å². The lowest BCUT2D eigenvalue weighted by molar-refractivity contribution is 0.249. The Labute approximate surface area is 139 Å². The van der Waals surface area contributed by atoms with Gasteiger partial charge < -0.3 is 5.32 Å². The molecule has 3 atom stereocenters. The van der Waals surface area contributed by atoms with Gasteiger partial charge in [0.25, 0.3) is 0 Å². The van der Waals surface area contributed by atoms with E-state index in [0.717, 1.165) is 11.8 Å². The van der Waals surface area contributed by atoms with Crippen LogP contribution in [0.2, 0.25) is 0 Å². The third kappa shape index (κ3) is 3.77. The van der Waals surface area contributed by atoms with Crippen molar-refractivity contribution in [3.05, 3.63) is 56.7 Å². The largest absolute Gasteiger partial charge is 0.317 e. The molecule has 2 aromatic rings. The van der Waals surface area contributed by atoms with Crippen LogP contribution in [0, 0.1) is 5.92 Å². The van der Waals surface area contributed by atoms with Gasteiger partial charge in [-0.05, 0) is 72.1 Å². The van der Waals surface area contributed by atoms with Gasteiger partial charge in [0.15, 0.2) is 0 Å². The van der Waals surface area contributed by atoms with E-state index in [4.69, 9.17) is 0 Å². The fourth-order valence-electron chi connectivity index (χ4n) is 3.62. The van der Waals surface area contributed by atoms with E-state index in [-0.39, 0.29) is 0 Å². The molecular formula is C18H22BrNS. The third-order valence-corrected chi connectivity index (χ3v) is 6.43. The number of benzene rings is 1. The molecule has 1 fully saturated rings. The monoisotopic (exact) mass is 363 g/mol. The molecule has 1 aliphatic carbocycles. The minimum Gasteiger partial charge on any atom is -0.317 e. The van der Waals surface area contributed by atoms with Gasteiger partial charge in [0.1, 0.15) is 0 Å². The fourth-order valence-corrected chi connectivity index (χ4v) is 5.16. The maximum atomic E-state index is 3.57. The van der Waals surface area contributed by atoms with Crippen molar-refractivity contribution >= 4 is 27.3 Å². The first-order valence-electron chi connectivity index (χ1n) is 7.71. The summed E-state index contributed by atoms with van der Waals surface area (Å²) in [5.41, 5.74) is 1.52. The lowest BCUT2D eigenvalue weighted by Crippen LogP contribution is -2.39. The molecule has 1 nitrogen and oxygen atoms in total. The highest BCUT2D eigenvalue weighted by Crippen LogP contribution is 2.38. The first-order chi connectivity index (χ1) is 10.3. The Balaban J connectivity index is 1.72. The molecule has 0 amide bonds. The molecule has 3 unspecified atom stereocenters. The van der Waals surface area contributed by atoms with Crippen LogP contribution >= 0.6 is 27.3 Å². The first-order valence-corrected chi connectivity index (χ1v) is 9.38. The Morgan fingerprint density at radius 3 is 2.71 bits per heavy atom. The predicted molar refractivity (Wildman–Crippen MR) is 95.1 cm³/mol. The lowest BCUT2D eigenvalue weighted by Gasteiger charge is -2.36. The number of thiophene rings is 1. The molecule has 112 valence electrons. The Hall–Kier alpha value is -0.640. The van der Waals surface area contributed by atoms with E-state index in [1.54, 1.807) is 0 Å². The molecule has 1 aromatic carbocycles. The van der Waals surface area contributed by atoms with Crippen LogP contribution in [-0.4, -0.2) is 13.1 Å². The van der Waals surface area contributed by atoms with Crippen LogP contribution in [0.1, 0.15) is 35.6 Å². The van der Waals surface area contributed by atoms with Crippen molar-refractivity contribution in [2.75, 3.05) is 7.05 Å². The Kier molecular flexibility index (Phi) is 5.15. The molecule has 1 aliphatic rings. The zero-order chi connectivity index (χ0) is 14.7. The molecule has 1 saturated carbocycles. The Morgan fingerprint density at radius 1 is 1.24 bits per heavy atom. The maximum Gasteiger partial charge on any atom is 0.0285 e. The van der Waals surface area contributed by atoms with E-state index in [1.807, 2.05) is 11.3 Å². The molecule has 3 heteroatoms. The highest BCUT2D eigenvalue weighted by atomic mass is 79.9. The third-order valence-electron chi connectivity index (χ3n) is 4.71. The van der Waals surface area contributed by atoms with Gasteiger partial charge in [-0.15, -0.1) is 11.3 Å². The summed E-state index contributed by atoms with van der Waals surface area (Å²) in [6.45, 7) is 0. The van der Waals surface area contributed by atoms with Gasteiger partial charge in [-0.2, -0.15) is 0 Å². The molecule has 0 radical (unpaired) electrons. The standard InChI is InChI=1S/C18H22BrNS/c1-20-18-8-7-14(13-5-3-2-4-6-13)9-15(18)10-17-11-16(19)12-21-17/h2-6,11-12,14-15,18,20H,7-10H2,1H3. The molecular weight excluding hydrogens is 342 g/mol. The summed E-state index contributed by atoms with van der Waals surface area (Å²) in [6, 6.07) is 14.0. The summed E-state index contributed by atoms with van der Waals surface area (Å²) in [5, 5.41) is 5.74. The molecule has 1 heterocycles. The fraction of sp³-hybridized carbons (Fsp3) is 0.444. The predicted octanol–water partition coefficient (Wildman–Crippen LogP) is 5.23. The smallest absolute Gasteiger partial charge is 0.0285 e. The molecule has 0 bridgehead atoms. The average Bonchev–Trinajstić information content (AvgIpc) is 2.93. The van der Waals surface area contributed by atoms with Crippen molar-refractivity contribution in [1.82, 2.24) is 5.32 Å². The molecule has 21 heavy (non-hydrogen) atoms. The topological polar surface area (TPSA) is 12.0 Å². The minimum atomic E-state index is 0.658. The van der Waals surface area contributed by atoms with Gasteiger partial charge in [0.2, 0.25) is 0 Å².